The van der Waals surface area contributed by atoms with E-state index in [9.17, 15) is 4.79 Å². The van der Waals surface area contributed by atoms with Gasteiger partial charge in [0.05, 0.1) is 6.61 Å². The molecule has 0 aliphatic carbocycles. The minimum absolute atomic E-state index is 0.276. The lowest BCUT2D eigenvalue weighted by atomic mass is 10.2. The van der Waals surface area contributed by atoms with Crippen LogP contribution < -0.4 is 0 Å². The molecule has 1 atom stereocenters. The van der Waals surface area contributed by atoms with Crippen LogP contribution in [0.15, 0.2) is 6.33 Å². The molecule has 0 spiro atoms. The summed E-state index contributed by atoms with van der Waals surface area (Å²) in [6, 6.07) is -0.394. The Morgan fingerprint density at radius 2 is 2.36 bits per heavy atom. The fourth-order valence-electron chi connectivity index (χ4n) is 1.18. The van der Waals surface area contributed by atoms with Crippen molar-refractivity contribution in [3.63, 3.8) is 0 Å². The maximum atomic E-state index is 11.5. The normalized spacial score (nSPS) is 12.4. The van der Waals surface area contributed by atoms with Crippen LogP contribution in [0.1, 0.15) is 32.7 Å². The molecule has 0 N–H and O–H groups in total. The highest BCUT2D eigenvalue weighted by Crippen LogP contribution is 2.13. The number of hydrogen-bond donors (Lipinski definition) is 0. The first-order valence-electron chi connectivity index (χ1n) is 4.68. The van der Waals surface area contributed by atoms with Crippen LogP contribution in [0.2, 0.25) is 0 Å². The minimum Gasteiger partial charge on any atom is -0.464 e. The van der Waals surface area contributed by atoms with Gasteiger partial charge in [-0.05, 0) is 23.8 Å². The van der Waals surface area contributed by atoms with E-state index >= 15 is 0 Å². The molecule has 1 rings (SSSR count). The molecule has 78 valence electrons. The number of aromatic nitrogens is 4. The molecule has 1 aromatic heterocycles. The molecule has 0 aliphatic rings. The topological polar surface area (TPSA) is 69.9 Å². The van der Waals surface area contributed by atoms with E-state index in [0.717, 1.165) is 6.42 Å². The number of nitrogens with zero attached hydrogens (tertiary/aromatic N) is 4. The van der Waals surface area contributed by atoms with Crippen molar-refractivity contribution in [3.8, 4) is 0 Å². The largest absolute Gasteiger partial charge is 0.464 e. The molecule has 14 heavy (non-hydrogen) atoms. The molecule has 0 saturated carbocycles. The number of ether oxygens (including phenoxy) is 1. The fraction of sp³-hybridized carbons (Fsp3) is 0.750. The predicted molar refractivity (Wildman–Crippen MR) is 48.4 cm³/mol. The molecule has 0 fully saturated rings. The van der Waals surface area contributed by atoms with E-state index in [4.69, 9.17) is 4.74 Å². The minimum atomic E-state index is -0.394. The zero-order chi connectivity index (χ0) is 10.4. The Balaban J connectivity index is 2.69. The molecule has 0 amide bonds. The molecule has 6 heteroatoms. The maximum Gasteiger partial charge on any atom is 0.331 e. The molecular weight excluding hydrogens is 184 g/mol. The number of hydrogen-bond acceptors (Lipinski definition) is 5. The zero-order valence-electron chi connectivity index (χ0n) is 8.38. The van der Waals surface area contributed by atoms with E-state index in [-0.39, 0.29) is 5.97 Å². The van der Waals surface area contributed by atoms with Crippen LogP contribution in [0.5, 0.6) is 0 Å². The van der Waals surface area contributed by atoms with Gasteiger partial charge in [0.1, 0.15) is 6.33 Å². The van der Waals surface area contributed by atoms with Crippen LogP contribution in [-0.4, -0.2) is 32.8 Å². The molecule has 6 nitrogen and oxygen atoms in total. The summed E-state index contributed by atoms with van der Waals surface area (Å²) >= 11 is 0. The second kappa shape index (κ2) is 5.31. The van der Waals surface area contributed by atoms with Gasteiger partial charge < -0.3 is 4.74 Å². The van der Waals surface area contributed by atoms with Gasteiger partial charge in [-0.25, -0.2) is 9.48 Å². The Bertz CT molecular complexity index is 273. The lowest BCUT2D eigenvalue weighted by Gasteiger charge is -2.13. The molecule has 0 aromatic carbocycles. The van der Waals surface area contributed by atoms with Crippen molar-refractivity contribution < 1.29 is 9.53 Å². The smallest absolute Gasteiger partial charge is 0.331 e. The Morgan fingerprint density at radius 1 is 1.57 bits per heavy atom. The molecule has 0 bridgehead atoms. The van der Waals surface area contributed by atoms with E-state index in [1.807, 2.05) is 6.92 Å². The first-order valence-corrected chi connectivity index (χ1v) is 4.68. The first kappa shape index (κ1) is 10.6. The summed E-state index contributed by atoms with van der Waals surface area (Å²) in [5.74, 6) is -0.276. The van der Waals surface area contributed by atoms with Crippen LogP contribution >= 0.6 is 0 Å². The summed E-state index contributed by atoms with van der Waals surface area (Å²) < 4.78 is 6.36. The lowest BCUT2D eigenvalue weighted by molar-refractivity contribution is -0.147. The van der Waals surface area contributed by atoms with Gasteiger partial charge >= 0.3 is 5.97 Å². The van der Waals surface area contributed by atoms with Gasteiger partial charge in [0.2, 0.25) is 0 Å². The second-order valence-corrected chi connectivity index (χ2v) is 2.85. The standard InChI is InChI=1S/C8H14N4O2/c1-3-5-7(8(13)14-4-2)12-6-9-10-11-12/h6-7H,3-5H2,1-2H3. The van der Waals surface area contributed by atoms with E-state index < -0.39 is 6.04 Å². The number of esters is 1. The summed E-state index contributed by atoms with van der Waals surface area (Å²) in [6.45, 7) is 4.15. The van der Waals surface area contributed by atoms with E-state index in [1.165, 1.54) is 11.0 Å². The van der Waals surface area contributed by atoms with Gasteiger partial charge in [-0.2, -0.15) is 0 Å². The second-order valence-electron chi connectivity index (χ2n) is 2.85. The SMILES string of the molecule is CCCC(C(=O)OCC)n1cnnn1. The zero-order valence-corrected chi connectivity index (χ0v) is 8.38. The van der Waals surface area contributed by atoms with E-state index in [2.05, 4.69) is 15.5 Å². The molecule has 0 aliphatic heterocycles. The van der Waals surface area contributed by atoms with Crippen molar-refractivity contribution in [2.75, 3.05) is 6.61 Å². The quantitative estimate of drug-likeness (QED) is 0.647. The maximum absolute atomic E-state index is 11.5. The Labute approximate surface area is 82.2 Å². The Kier molecular flexibility index (Phi) is 4.03. The summed E-state index contributed by atoms with van der Waals surface area (Å²) in [6.07, 6.45) is 2.99. The van der Waals surface area contributed by atoms with Crippen molar-refractivity contribution in [1.82, 2.24) is 20.2 Å². The highest BCUT2D eigenvalue weighted by atomic mass is 16.5. The average Bonchev–Trinajstić information content (AvgIpc) is 2.67. The van der Waals surface area contributed by atoms with E-state index in [1.54, 1.807) is 6.92 Å². The molecule has 1 aromatic rings. The number of rotatable bonds is 5. The number of carbonyl (C=O) groups excluding carboxylic acids is 1. The van der Waals surface area contributed by atoms with Crippen LogP contribution in [0.25, 0.3) is 0 Å². The van der Waals surface area contributed by atoms with Crippen molar-refractivity contribution in [2.24, 2.45) is 0 Å². The monoisotopic (exact) mass is 198 g/mol. The number of carbonyl (C=O) groups is 1. The molecule has 1 unspecified atom stereocenters. The van der Waals surface area contributed by atoms with E-state index in [0.29, 0.717) is 13.0 Å². The van der Waals surface area contributed by atoms with Crippen molar-refractivity contribution >= 4 is 5.97 Å². The number of tetrazole rings is 1. The highest BCUT2D eigenvalue weighted by Gasteiger charge is 2.21. The predicted octanol–water partition coefficient (Wildman–Crippen LogP) is 0.577. The molecule has 0 radical (unpaired) electrons. The summed E-state index contributed by atoms with van der Waals surface area (Å²) in [4.78, 5) is 11.5. The Hall–Kier alpha value is -1.46. The third kappa shape index (κ3) is 2.51. The first-order chi connectivity index (χ1) is 6.79. The van der Waals surface area contributed by atoms with Crippen LogP contribution in [0.4, 0.5) is 0 Å². The average molecular weight is 198 g/mol. The summed E-state index contributed by atoms with van der Waals surface area (Å²) in [7, 11) is 0. The summed E-state index contributed by atoms with van der Waals surface area (Å²) in [5, 5.41) is 10.7. The fourth-order valence-corrected chi connectivity index (χ4v) is 1.18. The van der Waals surface area contributed by atoms with Gasteiger partial charge in [-0.15, -0.1) is 5.10 Å². The van der Waals surface area contributed by atoms with Crippen molar-refractivity contribution in [2.45, 2.75) is 32.7 Å². The van der Waals surface area contributed by atoms with Crippen LogP contribution in [0.3, 0.4) is 0 Å². The van der Waals surface area contributed by atoms with Crippen LogP contribution in [0, 0.1) is 0 Å². The van der Waals surface area contributed by atoms with Crippen molar-refractivity contribution in [1.29, 1.82) is 0 Å². The molecule has 0 saturated heterocycles. The van der Waals surface area contributed by atoms with Crippen molar-refractivity contribution in [3.05, 3.63) is 6.33 Å². The molecular formula is C8H14N4O2. The molecule has 1 heterocycles. The lowest BCUT2D eigenvalue weighted by Crippen LogP contribution is -2.22. The van der Waals surface area contributed by atoms with Gasteiger partial charge in [0.25, 0.3) is 0 Å². The van der Waals surface area contributed by atoms with Gasteiger partial charge in [0, 0.05) is 0 Å². The third-order valence-electron chi connectivity index (χ3n) is 1.80. The van der Waals surface area contributed by atoms with Gasteiger partial charge in [-0.1, -0.05) is 13.3 Å². The third-order valence-corrected chi connectivity index (χ3v) is 1.80. The van der Waals surface area contributed by atoms with Gasteiger partial charge in [0.15, 0.2) is 6.04 Å². The Morgan fingerprint density at radius 3 is 2.86 bits per heavy atom. The highest BCUT2D eigenvalue weighted by molar-refractivity contribution is 5.73. The van der Waals surface area contributed by atoms with Crippen LogP contribution in [-0.2, 0) is 9.53 Å². The van der Waals surface area contributed by atoms with Gasteiger partial charge in [-0.3, -0.25) is 0 Å². The summed E-state index contributed by atoms with van der Waals surface area (Å²) in [5.41, 5.74) is 0.